The third kappa shape index (κ3) is 2.26. The van der Waals surface area contributed by atoms with E-state index in [4.69, 9.17) is 4.74 Å². The van der Waals surface area contributed by atoms with Crippen molar-refractivity contribution in [2.45, 2.75) is 20.8 Å². The molecule has 0 atom stereocenters. The quantitative estimate of drug-likeness (QED) is 0.654. The Morgan fingerprint density at radius 2 is 1.80 bits per heavy atom. The van der Waals surface area contributed by atoms with Crippen LogP contribution in [0, 0.1) is 20.8 Å². The van der Waals surface area contributed by atoms with E-state index in [-0.39, 0.29) is 0 Å². The molecule has 0 unspecified atom stereocenters. The molecule has 0 radical (unpaired) electrons. The van der Waals surface area contributed by atoms with Crippen LogP contribution >= 0.6 is 28.6 Å². The van der Waals surface area contributed by atoms with E-state index in [1.54, 1.807) is 7.11 Å². The average Bonchev–Trinajstić information content (AvgIpc) is 2.24. The first kappa shape index (κ1) is 12.7. The van der Waals surface area contributed by atoms with Crippen molar-refractivity contribution in [3.05, 3.63) is 21.2 Å². The second-order valence-electron chi connectivity index (χ2n) is 3.43. The largest absolute Gasteiger partial charge is 0.494 e. The summed E-state index contributed by atoms with van der Waals surface area (Å²) in [6, 6.07) is 0. The van der Waals surface area contributed by atoms with E-state index < -0.39 is 0 Å². The minimum absolute atomic E-state index is 0.589. The van der Waals surface area contributed by atoms with Crippen molar-refractivity contribution in [3.63, 3.8) is 0 Å². The van der Waals surface area contributed by atoms with Crippen molar-refractivity contribution in [3.8, 4) is 5.75 Å². The van der Waals surface area contributed by atoms with E-state index in [1.807, 2.05) is 0 Å². The zero-order chi connectivity index (χ0) is 11.6. The van der Waals surface area contributed by atoms with Gasteiger partial charge in [-0.05, 0) is 37.5 Å². The first-order valence-electron chi connectivity index (χ1n) is 4.72. The second kappa shape index (κ2) is 5.12. The standard InChI is InChI=1S/C11H16BrNOS/c1-6-7(2)11(14-4)10(13-5-15)8(3)9(6)12/h13,15H,5H2,1-4H3. The van der Waals surface area contributed by atoms with Crippen molar-refractivity contribution in [1.82, 2.24) is 0 Å². The lowest BCUT2D eigenvalue weighted by Gasteiger charge is -2.19. The fourth-order valence-electron chi connectivity index (χ4n) is 1.63. The third-order valence-electron chi connectivity index (χ3n) is 2.62. The molecule has 15 heavy (non-hydrogen) atoms. The van der Waals surface area contributed by atoms with Crippen molar-refractivity contribution in [2.75, 3.05) is 18.3 Å². The molecule has 1 N–H and O–H groups in total. The number of ether oxygens (including phenoxy) is 1. The summed E-state index contributed by atoms with van der Waals surface area (Å²) in [4.78, 5) is 0. The van der Waals surface area contributed by atoms with Gasteiger partial charge in [-0.3, -0.25) is 0 Å². The maximum absolute atomic E-state index is 5.43. The Morgan fingerprint density at radius 3 is 2.27 bits per heavy atom. The molecule has 0 fully saturated rings. The van der Waals surface area contributed by atoms with Crippen molar-refractivity contribution >= 4 is 34.2 Å². The number of halogens is 1. The van der Waals surface area contributed by atoms with Crippen LogP contribution in [0.3, 0.4) is 0 Å². The van der Waals surface area contributed by atoms with Crippen LogP contribution in [-0.2, 0) is 0 Å². The Hall–Kier alpha value is -0.350. The molecule has 4 heteroatoms. The molecule has 0 aliphatic rings. The van der Waals surface area contributed by atoms with Crippen molar-refractivity contribution in [2.24, 2.45) is 0 Å². The highest BCUT2D eigenvalue weighted by atomic mass is 79.9. The Morgan fingerprint density at radius 1 is 1.20 bits per heavy atom. The summed E-state index contributed by atoms with van der Waals surface area (Å²) < 4.78 is 6.56. The summed E-state index contributed by atoms with van der Waals surface area (Å²) in [6.45, 7) is 6.20. The zero-order valence-corrected chi connectivity index (χ0v) is 11.9. The van der Waals surface area contributed by atoms with Crippen LogP contribution in [-0.4, -0.2) is 13.0 Å². The lowest BCUT2D eigenvalue weighted by molar-refractivity contribution is 0.413. The monoisotopic (exact) mass is 289 g/mol. The smallest absolute Gasteiger partial charge is 0.145 e. The summed E-state index contributed by atoms with van der Waals surface area (Å²) >= 11 is 7.77. The Balaban J connectivity index is 3.47. The molecule has 0 amide bonds. The number of nitrogens with one attached hydrogen (secondary N) is 1. The average molecular weight is 290 g/mol. The molecule has 0 spiro atoms. The Labute approximate surface area is 105 Å². The van der Waals surface area contributed by atoms with Crippen LogP contribution in [0.1, 0.15) is 16.7 Å². The summed E-state index contributed by atoms with van der Waals surface area (Å²) in [5.74, 6) is 1.49. The van der Waals surface area contributed by atoms with Crippen LogP contribution in [0.4, 0.5) is 5.69 Å². The topological polar surface area (TPSA) is 21.3 Å². The highest BCUT2D eigenvalue weighted by Gasteiger charge is 2.15. The van der Waals surface area contributed by atoms with Gasteiger partial charge in [0.25, 0.3) is 0 Å². The lowest BCUT2D eigenvalue weighted by Crippen LogP contribution is -2.04. The number of anilines is 1. The fraction of sp³-hybridized carbons (Fsp3) is 0.455. The van der Waals surface area contributed by atoms with Crippen LogP contribution in [0.25, 0.3) is 0 Å². The predicted molar refractivity (Wildman–Crippen MR) is 72.4 cm³/mol. The van der Waals surface area contributed by atoms with Gasteiger partial charge in [0.05, 0.1) is 18.7 Å². The number of hydrogen-bond donors (Lipinski definition) is 2. The van der Waals surface area contributed by atoms with Gasteiger partial charge in [0.15, 0.2) is 0 Å². The summed E-state index contributed by atoms with van der Waals surface area (Å²) in [6.07, 6.45) is 0. The van der Waals surface area contributed by atoms with E-state index in [1.165, 1.54) is 5.56 Å². The molecule has 0 aliphatic carbocycles. The van der Waals surface area contributed by atoms with Gasteiger partial charge in [-0.2, -0.15) is 12.6 Å². The van der Waals surface area contributed by atoms with E-state index in [9.17, 15) is 0 Å². The normalized spacial score (nSPS) is 10.3. The van der Waals surface area contributed by atoms with E-state index >= 15 is 0 Å². The minimum Gasteiger partial charge on any atom is -0.494 e. The number of benzene rings is 1. The van der Waals surface area contributed by atoms with Crippen LogP contribution in [0.5, 0.6) is 5.75 Å². The first-order valence-corrected chi connectivity index (χ1v) is 6.15. The van der Waals surface area contributed by atoms with Crippen LogP contribution < -0.4 is 10.1 Å². The van der Waals surface area contributed by atoms with Gasteiger partial charge in [-0.1, -0.05) is 15.9 Å². The Bertz CT molecular complexity index is 380. The highest BCUT2D eigenvalue weighted by molar-refractivity contribution is 9.10. The van der Waals surface area contributed by atoms with Gasteiger partial charge in [0.1, 0.15) is 5.75 Å². The maximum Gasteiger partial charge on any atom is 0.145 e. The molecule has 0 heterocycles. The molecular weight excluding hydrogens is 274 g/mol. The van der Waals surface area contributed by atoms with Crippen LogP contribution in [0.15, 0.2) is 4.47 Å². The molecule has 1 aromatic rings. The molecule has 84 valence electrons. The third-order valence-corrected chi connectivity index (χ3v) is 3.97. The van der Waals surface area contributed by atoms with Crippen LogP contribution in [0.2, 0.25) is 0 Å². The van der Waals surface area contributed by atoms with E-state index in [0.717, 1.165) is 27.0 Å². The summed E-state index contributed by atoms with van der Waals surface area (Å²) in [5, 5.41) is 3.21. The Kier molecular flexibility index (Phi) is 4.34. The number of hydrogen-bond acceptors (Lipinski definition) is 3. The highest BCUT2D eigenvalue weighted by Crippen LogP contribution is 2.39. The fourth-order valence-corrected chi connectivity index (χ4v) is 2.28. The summed E-state index contributed by atoms with van der Waals surface area (Å²) in [7, 11) is 1.69. The molecule has 1 rings (SSSR count). The molecular formula is C11H16BrNOS. The lowest BCUT2D eigenvalue weighted by atomic mass is 10.0. The number of thiol groups is 1. The zero-order valence-electron chi connectivity index (χ0n) is 9.44. The molecule has 2 nitrogen and oxygen atoms in total. The first-order chi connectivity index (χ1) is 7.04. The van der Waals surface area contributed by atoms with Crippen molar-refractivity contribution < 1.29 is 4.74 Å². The van der Waals surface area contributed by atoms with Gasteiger partial charge in [0.2, 0.25) is 0 Å². The maximum atomic E-state index is 5.43. The number of rotatable bonds is 3. The van der Waals surface area contributed by atoms with E-state index in [0.29, 0.717) is 5.88 Å². The van der Waals surface area contributed by atoms with Gasteiger partial charge >= 0.3 is 0 Å². The van der Waals surface area contributed by atoms with Gasteiger partial charge in [-0.25, -0.2) is 0 Å². The van der Waals surface area contributed by atoms with Crippen molar-refractivity contribution in [1.29, 1.82) is 0 Å². The van der Waals surface area contributed by atoms with Gasteiger partial charge in [-0.15, -0.1) is 0 Å². The molecule has 0 saturated heterocycles. The molecule has 0 bridgehead atoms. The SMILES string of the molecule is COc1c(C)c(C)c(Br)c(C)c1NCS. The predicted octanol–water partition coefficient (Wildman–Crippen LogP) is 3.68. The minimum atomic E-state index is 0.589. The van der Waals surface area contributed by atoms with E-state index in [2.05, 4.69) is 54.6 Å². The number of methoxy groups -OCH3 is 1. The molecule has 0 aliphatic heterocycles. The second-order valence-corrected chi connectivity index (χ2v) is 4.54. The van der Waals surface area contributed by atoms with Gasteiger partial charge < -0.3 is 10.1 Å². The molecule has 1 aromatic carbocycles. The summed E-state index contributed by atoms with van der Waals surface area (Å²) in [5.41, 5.74) is 4.54. The van der Waals surface area contributed by atoms with Gasteiger partial charge in [0, 0.05) is 4.47 Å². The molecule has 0 aromatic heterocycles. The molecule has 0 saturated carbocycles.